The molecule has 0 heterocycles. The summed E-state index contributed by atoms with van der Waals surface area (Å²) in [6, 6.07) is 5.88. The van der Waals surface area contributed by atoms with Gasteiger partial charge in [-0.2, -0.15) is 0 Å². The van der Waals surface area contributed by atoms with E-state index in [1.807, 2.05) is 37.2 Å². The second-order valence-electron chi connectivity index (χ2n) is 2.98. The minimum Gasteiger partial charge on any atom is -0.398 e. The Morgan fingerprint density at radius 2 is 2.00 bits per heavy atom. The van der Waals surface area contributed by atoms with E-state index in [4.69, 9.17) is 11.5 Å². The summed E-state index contributed by atoms with van der Waals surface area (Å²) in [7, 11) is 3.98. The van der Waals surface area contributed by atoms with Crippen LogP contribution in [-0.4, -0.2) is 14.1 Å². The molecular weight excluding hydrogens is 150 g/mol. The normalized spacial score (nSPS) is 9.92. The van der Waals surface area contributed by atoms with Crippen molar-refractivity contribution in [1.29, 1.82) is 0 Å². The predicted octanol–water partition coefficient (Wildman–Crippen LogP) is 0.794. The molecule has 0 bridgehead atoms. The third kappa shape index (κ3) is 1.68. The third-order valence-corrected chi connectivity index (χ3v) is 1.86. The van der Waals surface area contributed by atoms with Crippen molar-refractivity contribution in [3.63, 3.8) is 0 Å². The van der Waals surface area contributed by atoms with Gasteiger partial charge in [0, 0.05) is 32.0 Å². The molecule has 1 aromatic carbocycles. The molecule has 0 aromatic heterocycles. The van der Waals surface area contributed by atoms with Gasteiger partial charge in [0.05, 0.1) is 0 Å². The van der Waals surface area contributed by atoms with Crippen LogP contribution in [0.1, 0.15) is 5.56 Å². The van der Waals surface area contributed by atoms with Crippen LogP contribution in [0.3, 0.4) is 0 Å². The topological polar surface area (TPSA) is 55.3 Å². The van der Waals surface area contributed by atoms with Crippen LogP contribution in [0.25, 0.3) is 0 Å². The van der Waals surface area contributed by atoms with Crippen molar-refractivity contribution in [2.75, 3.05) is 24.7 Å². The van der Waals surface area contributed by atoms with Gasteiger partial charge in [0.15, 0.2) is 0 Å². The highest BCUT2D eigenvalue weighted by Gasteiger charge is 1.99. The lowest BCUT2D eigenvalue weighted by Crippen LogP contribution is -2.10. The summed E-state index contributed by atoms with van der Waals surface area (Å²) in [6.07, 6.45) is 0. The first-order chi connectivity index (χ1) is 5.65. The number of rotatable bonds is 2. The first-order valence-electron chi connectivity index (χ1n) is 3.91. The summed E-state index contributed by atoms with van der Waals surface area (Å²) in [5, 5.41) is 0. The average Bonchev–Trinajstić information content (AvgIpc) is 2.05. The molecule has 66 valence electrons. The smallest absolute Gasteiger partial charge is 0.0365 e. The molecular formula is C9H15N3. The first-order valence-corrected chi connectivity index (χ1v) is 3.91. The molecule has 0 aliphatic heterocycles. The molecule has 0 saturated carbocycles. The highest BCUT2D eigenvalue weighted by Crippen LogP contribution is 2.18. The summed E-state index contributed by atoms with van der Waals surface area (Å²) in [5.74, 6) is 0. The Morgan fingerprint density at radius 3 is 2.50 bits per heavy atom. The highest BCUT2D eigenvalue weighted by atomic mass is 15.1. The van der Waals surface area contributed by atoms with E-state index in [-0.39, 0.29) is 0 Å². The van der Waals surface area contributed by atoms with Crippen molar-refractivity contribution in [3.05, 3.63) is 23.8 Å². The van der Waals surface area contributed by atoms with E-state index < -0.39 is 0 Å². The SMILES string of the molecule is CN(C)c1ccc(N)c(CN)c1. The molecule has 0 fully saturated rings. The Kier molecular flexibility index (Phi) is 2.55. The van der Waals surface area contributed by atoms with Crippen molar-refractivity contribution in [3.8, 4) is 0 Å². The van der Waals surface area contributed by atoms with Crippen LogP contribution in [-0.2, 0) is 6.54 Å². The highest BCUT2D eigenvalue weighted by molar-refractivity contribution is 5.57. The lowest BCUT2D eigenvalue weighted by atomic mass is 10.1. The fourth-order valence-electron chi connectivity index (χ4n) is 1.05. The van der Waals surface area contributed by atoms with E-state index in [1.54, 1.807) is 0 Å². The van der Waals surface area contributed by atoms with Gasteiger partial charge in [-0.1, -0.05) is 0 Å². The molecule has 0 amide bonds. The molecule has 1 rings (SSSR count). The number of nitrogen functional groups attached to an aromatic ring is 1. The number of nitrogens with two attached hydrogens (primary N) is 2. The molecule has 0 saturated heterocycles. The maximum atomic E-state index is 5.70. The maximum absolute atomic E-state index is 5.70. The molecule has 0 unspecified atom stereocenters. The number of hydrogen-bond donors (Lipinski definition) is 2. The number of nitrogens with zero attached hydrogens (tertiary/aromatic N) is 1. The first kappa shape index (κ1) is 8.87. The van der Waals surface area contributed by atoms with E-state index >= 15 is 0 Å². The summed E-state index contributed by atoms with van der Waals surface area (Å²) in [5.41, 5.74) is 14.1. The summed E-state index contributed by atoms with van der Waals surface area (Å²) in [6.45, 7) is 0.494. The quantitative estimate of drug-likeness (QED) is 0.637. The Balaban J connectivity index is 3.05. The van der Waals surface area contributed by atoms with Gasteiger partial charge in [-0.3, -0.25) is 0 Å². The summed E-state index contributed by atoms with van der Waals surface area (Å²) < 4.78 is 0. The van der Waals surface area contributed by atoms with Crippen LogP contribution < -0.4 is 16.4 Å². The number of anilines is 2. The van der Waals surface area contributed by atoms with Gasteiger partial charge < -0.3 is 16.4 Å². The Morgan fingerprint density at radius 1 is 1.33 bits per heavy atom. The van der Waals surface area contributed by atoms with E-state index in [1.165, 1.54) is 0 Å². The fourth-order valence-corrected chi connectivity index (χ4v) is 1.05. The molecule has 0 aliphatic rings. The van der Waals surface area contributed by atoms with Gasteiger partial charge in [-0.15, -0.1) is 0 Å². The van der Waals surface area contributed by atoms with Crippen LogP contribution in [0.4, 0.5) is 11.4 Å². The zero-order valence-corrected chi connectivity index (χ0v) is 7.54. The lowest BCUT2D eigenvalue weighted by Gasteiger charge is -2.14. The zero-order valence-electron chi connectivity index (χ0n) is 7.54. The average molecular weight is 165 g/mol. The van der Waals surface area contributed by atoms with Crippen molar-refractivity contribution in [1.82, 2.24) is 0 Å². The summed E-state index contributed by atoms with van der Waals surface area (Å²) >= 11 is 0. The molecule has 0 radical (unpaired) electrons. The van der Waals surface area contributed by atoms with Gasteiger partial charge in [-0.05, 0) is 23.8 Å². The molecule has 0 spiro atoms. The van der Waals surface area contributed by atoms with Crippen molar-refractivity contribution in [2.24, 2.45) is 5.73 Å². The molecule has 4 N–H and O–H groups in total. The van der Waals surface area contributed by atoms with E-state index in [0.29, 0.717) is 6.54 Å². The Labute approximate surface area is 73.0 Å². The van der Waals surface area contributed by atoms with Crippen molar-refractivity contribution in [2.45, 2.75) is 6.54 Å². The summed E-state index contributed by atoms with van der Waals surface area (Å²) in [4.78, 5) is 2.03. The monoisotopic (exact) mass is 165 g/mol. The van der Waals surface area contributed by atoms with Crippen LogP contribution in [0.2, 0.25) is 0 Å². The van der Waals surface area contributed by atoms with E-state index in [2.05, 4.69) is 0 Å². The van der Waals surface area contributed by atoms with Gasteiger partial charge in [0.1, 0.15) is 0 Å². The second-order valence-corrected chi connectivity index (χ2v) is 2.98. The number of benzene rings is 1. The molecule has 3 nitrogen and oxygen atoms in total. The Hall–Kier alpha value is -1.22. The van der Waals surface area contributed by atoms with Crippen LogP contribution >= 0.6 is 0 Å². The van der Waals surface area contributed by atoms with Crippen molar-refractivity contribution >= 4 is 11.4 Å². The lowest BCUT2D eigenvalue weighted by molar-refractivity contribution is 1.06. The van der Waals surface area contributed by atoms with Crippen molar-refractivity contribution < 1.29 is 0 Å². The molecule has 3 heteroatoms. The molecule has 0 atom stereocenters. The molecule has 1 aromatic rings. The van der Waals surface area contributed by atoms with Gasteiger partial charge in [-0.25, -0.2) is 0 Å². The third-order valence-electron chi connectivity index (χ3n) is 1.86. The minimum absolute atomic E-state index is 0.494. The second kappa shape index (κ2) is 3.45. The van der Waals surface area contributed by atoms with Gasteiger partial charge in [0.2, 0.25) is 0 Å². The molecule has 0 aliphatic carbocycles. The maximum Gasteiger partial charge on any atom is 0.0365 e. The minimum atomic E-state index is 0.494. The largest absolute Gasteiger partial charge is 0.398 e. The zero-order chi connectivity index (χ0) is 9.14. The number of hydrogen-bond acceptors (Lipinski definition) is 3. The van der Waals surface area contributed by atoms with E-state index in [0.717, 1.165) is 16.9 Å². The molecule has 12 heavy (non-hydrogen) atoms. The predicted molar refractivity (Wildman–Crippen MR) is 53.1 cm³/mol. The fraction of sp³-hybridized carbons (Fsp3) is 0.333. The standard InChI is InChI=1S/C9H15N3/c1-12(2)8-3-4-9(11)7(5-8)6-10/h3-5H,6,10-11H2,1-2H3. The van der Waals surface area contributed by atoms with Crippen LogP contribution in [0.15, 0.2) is 18.2 Å². The van der Waals surface area contributed by atoms with E-state index in [9.17, 15) is 0 Å². The van der Waals surface area contributed by atoms with Gasteiger partial charge >= 0.3 is 0 Å². The van der Waals surface area contributed by atoms with Gasteiger partial charge in [0.25, 0.3) is 0 Å². The van der Waals surface area contributed by atoms with Crippen LogP contribution in [0.5, 0.6) is 0 Å². The Bertz CT molecular complexity index is 268. The van der Waals surface area contributed by atoms with Crippen LogP contribution in [0, 0.1) is 0 Å².